The van der Waals surface area contributed by atoms with E-state index in [1.807, 2.05) is 31.2 Å². The fourth-order valence-electron chi connectivity index (χ4n) is 4.41. The zero-order valence-corrected chi connectivity index (χ0v) is 21.7. The van der Waals surface area contributed by atoms with Gasteiger partial charge in [-0.1, -0.05) is 49.1 Å². The van der Waals surface area contributed by atoms with Crippen LogP contribution in [0.4, 0.5) is 14.5 Å². The van der Waals surface area contributed by atoms with Gasteiger partial charge in [-0.05, 0) is 44.4 Å². The molecule has 1 N–H and O–H groups in total. The second kappa shape index (κ2) is 11.8. The third-order valence-electron chi connectivity index (χ3n) is 6.42. The van der Waals surface area contributed by atoms with Gasteiger partial charge in [0.15, 0.2) is 11.6 Å². The van der Waals surface area contributed by atoms with E-state index in [4.69, 9.17) is 0 Å². The van der Waals surface area contributed by atoms with E-state index < -0.39 is 40.2 Å². The maximum Gasteiger partial charge on any atom is 0.244 e. The number of anilines is 1. The molecule has 0 saturated heterocycles. The summed E-state index contributed by atoms with van der Waals surface area (Å²) in [5, 5.41) is 3.02. The summed E-state index contributed by atoms with van der Waals surface area (Å²) in [5.41, 5.74) is 1.57. The van der Waals surface area contributed by atoms with Crippen LogP contribution in [0.3, 0.4) is 0 Å². The highest BCUT2D eigenvalue weighted by molar-refractivity contribution is 7.92. The number of carbonyl (C=O) groups is 2. The lowest BCUT2D eigenvalue weighted by atomic mass is 9.95. The first kappa shape index (κ1) is 27.6. The van der Waals surface area contributed by atoms with Crippen molar-refractivity contribution < 1.29 is 26.8 Å². The molecule has 7 nitrogen and oxygen atoms in total. The van der Waals surface area contributed by atoms with E-state index in [0.29, 0.717) is 4.31 Å². The van der Waals surface area contributed by atoms with Gasteiger partial charge in [0.2, 0.25) is 21.8 Å². The van der Waals surface area contributed by atoms with Crippen LogP contribution in [-0.2, 0) is 26.2 Å². The Hall–Kier alpha value is -3.01. The summed E-state index contributed by atoms with van der Waals surface area (Å²) in [5.74, 6) is -3.32. The number of hydrogen-bond donors (Lipinski definition) is 1. The molecule has 2 aromatic rings. The van der Waals surface area contributed by atoms with Gasteiger partial charge in [0.05, 0.1) is 11.9 Å². The van der Waals surface area contributed by atoms with Gasteiger partial charge in [-0.3, -0.25) is 13.9 Å². The lowest BCUT2D eigenvalue weighted by molar-refractivity contribution is -0.139. The summed E-state index contributed by atoms with van der Waals surface area (Å²) in [4.78, 5) is 28.0. The van der Waals surface area contributed by atoms with Crippen LogP contribution in [0.5, 0.6) is 0 Å². The fraction of sp³-hybridized carbons (Fsp3) is 0.462. The van der Waals surface area contributed by atoms with E-state index in [9.17, 15) is 26.8 Å². The van der Waals surface area contributed by atoms with Crippen LogP contribution in [0.2, 0.25) is 0 Å². The maximum absolute atomic E-state index is 13.9. The summed E-state index contributed by atoms with van der Waals surface area (Å²) in [7, 11) is -4.03. The van der Waals surface area contributed by atoms with Gasteiger partial charge in [0.1, 0.15) is 12.6 Å². The fourth-order valence-corrected chi connectivity index (χ4v) is 5.25. The number of rotatable bonds is 9. The second-order valence-corrected chi connectivity index (χ2v) is 11.3. The number of hydrogen-bond acceptors (Lipinski definition) is 4. The quantitative estimate of drug-likeness (QED) is 0.542. The SMILES string of the molecule is Cc1cccc(CN(C(=O)CN(c2ccc(F)c(F)c2)S(C)(=O)=O)[C@@H](C)C(=O)NC2CCCCC2)c1. The number of carbonyl (C=O) groups excluding carboxylic acids is 2. The van der Waals surface area contributed by atoms with Crippen LogP contribution in [0.25, 0.3) is 0 Å². The molecule has 196 valence electrons. The predicted octanol–water partition coefficient (Wildman–Crippen LogP) is 3.91. The van der Waals surface area contributed by atoms with Crippen molar-refractivity contribution in [1.82, 2.24) is 10.2 Å². The summed E-state index contributed by atoms with van der Waals surface area (Å²) >= 11 is 0. The molecule has 2 aromatic carbocycles. The monoisotopic (exact) mass is 521 g/mol. The molecule has 1 fully saturated rings. The molecule has 3 rings (SSSR count). The number of nitrogens with zero attached hydrogens (tertiary/aromatic N) is 2. The zero-order chi connectivity index (χ0) is 26.5. The maximum atomic E-state index is 13.9. The molecule has 0 unspecified atom stereocenters. The standard InChI is InChI=1S/C26H33F2N3O4S/c1-18-8-7-9-20(14-18)16-30(19(2)26(33)29-21-10-5-4-6-11-21)25(32)17-31(36(3,34)35)22-12-13-23(27)24(28)15-22/h7-9,12-15,19,21H,4-6,10-11,16-17H2,1-3H3,(H,29,33)/t19-/m0/s1. The molecule has 1 aliphatic rings. The van der Waals surface area contributed by atoms with E-state index in [1.54, 1.807) is 6.92 Å². The number of amides is 2. The summed E-state index contributed by atoms with van der Waals surface area (Å²) in [6.45, 7) is 2.92. The van der Waals surface area contributed by atoms with Gasteiger partial charge < -0.3 is 10.2 Å². The summed E-state index contributed by atoms with van der Waals surface area (Å²) in [6.07, 6.45) is 5.83. The summed E-state index contributed by atoms with van der Waals surface area (Å²) < 4.78 is 53.1. The lowest BCUT2D eigenvalue weighted by Crippen LogP contribution is -2.53. The molecular weight excluding hydrogens is 488 g/mol. The van der Waals surface area contributed by atoms with Crippen molar-refractivity contribution in [3.63, 3.8) is 0 Å². The molecule has 0 radical (unpaired) electrons. The lowest BCUT2D eigenvalue weighted by Gasteiger charge is -2.33. The van der Waals surface area contributed by atoms with Crippen molar-refractivity contribution in [1.29, 1.82) is 0 Å². The molecule has 1 atom stereocenters. The first-order valence-corrected chi connectivity index (χ1v) is 13.9. The van der Waals surface area contributed by atoms with Crippen molar-refractivity contribution in [2.75, 3.05) is 17.1 Å². The Morgan fingerprint density at radius 3 is 2.36 bits per heavy atom. The highest BCUT2D eigenvalue weighted by atomic mass is 32.2. The smallest absolute Gasteiger partial charge is 0.244 e. The Kier molecular flexibility index (Phi) is 9.05. The van der Waals surface area contributed by atoms with Crippen LogP contribution in [-0.4, -0.2) is 50.0 Å². The molecule has 10 heteroatoms. The van der Waals surface area contributed by atoms with Crippen LogP contribution in [0.15, 0.2) is 42.5 Å². The molecule has 1 saturated carbocycles. The van der Waals surface area contributed by atoms with Gasteiger partial charge in [-0.2, -0.15) is 0 Å². The van der Waals surface area contributed by atoms with Crippen LogP contribution < -0.4 is 9.62 Å². The Morgan fingerprint density at radius 1 is 1.06 bits per heavy atom. The molecule has 0 spiro atoms. The van der Waals surface area contributed by atoms with E-state index in [-0.39, 0.29) is 24.2 Å². The number of nitrogens with one attached hydrogen (secondary N) is 1. The Labute approximate surface area is 211 Å². The van der Waals surface area contributed by atoms with Crippen LogP contribution in [0, 0.1) is 18.6 Å². The van der Waals surface area contributed by atoms with Crippen molar-refractivity contribution in [2.24, 2.45) is 0 Å². The minimum atomic E-state index is -4.03. The highest BCUT2D eigenvalue weighted by Gasteiger charge is 2.31. The van der Waals surface area contributed by atoms with E-state index >= 15 is 0 Å². The highest BCUT2D eigenvalue weighted by Crippen LogP contribution is 2.22. The normalized spacial score (nSPS) is 15.2. The van der Waals surface area contributed by atoms with Crippen molar-refractivity contribution in [3.8, 4) is 0 Å². The topological polar surface area (TPSA) is 86.8 Å². The van der Waals surface area contributed by atoms with Gasteiger partial charge in [-0.15, -0.1) is 0 Å². The zero-order valence-electron chi connectivity index (χ0n) is 20.8. The molecule has 0 heterocycles. The second-order valence-electron chi connectivity index (χ2n) is 9.40. The molecule has 0 aliphatic heterocycles. The average molecular weight is 522 g/mol. The van der Waals surface area contributed by atoms with E-state index in [1.165, 1.54) is 4.90 Å². The van der Waals surface area contributed by atoms with Crippen molar-refractivity contribution >= 4 is 27.5 Å². The van der Waals surface area contributed by atoms with Crippen LogP contribution in [0.1, 0.15) is 50.2 Å². The van der Waals surface area contributed by atoms with Gasteiger partial charge in [0.25, 0.3) is 0 Å². The molecule has 2 amide bonds. The third kappa shape index (κ3) is 7.25. The minimum Gasteiger partial charge on any atom is -0.352 e. The molecule has 36 heavy (non-hydrogen) atoms. The van der Waals surface area contributed by atoms with E-state index in [2.05, 4.69) is 5.32 Å². The predicted molar refractivity (Wildman–Crippen MR) is 135 cm³/mol. The Balaban J connectivity index is 1.88. The van der Waals surface area contributed by atoms with Gasteiger partial charge in [0, 0.05) is 18.7 Å². The third-order valence-corrected chi connectivity index (χ3v) is 7.57. The molecule has 0 aromatic heterocycles. The van der Waals surface area contributed by atoms with Gasteiger partial charge >= 0.3 is 0 Å². The minimum absolute atomic E-state index is 0.0410. The average Bonchev–Trinajstić information content (AvgIpc) is 2.82. The number of halogens is 2. The van der Waals surface area contributed by atoms with Crippen LogP contribution >= 0.6 is 0 Å². The van der Waals surface area contributed by atoms with Gasteiger partial charge in [-0.25, -0.2) is 17.2 Å². The number of aryl methyl sites for hydroxylation is 1. The molecular formula is C26H33F2N3O4S. The van der Waals surface area contributed by atoms with E-state index in [0.717, 1.165) is 67.7 Å². The largest absolute Gasteiger partial charge is 0.352 e. The Morgan fingerprint density at radius 2 is 1.75 bits per heavy atom. The first-order chi connectivity index (χ1) is 17.0. The van der Waals surface area contributed by atoms with Crippen molar-refractivity contribution in [2.45, 2.75) is 64.6 Å². The molecule has 1 aliphatic carbocycles. The summed E-state index contributed by atoms with van der Waals surface area (Å²) in [6, 6.07) is 9.24. The number of benzene rings is 2. The van der Waals surface area contributed by atoms with Crippen molar-refractivity contribution in [3.05, 3.63) is 65.2 Å². The number of sulfonamides is 1. The first-order valence-electron chi connectivity index (χ1n) is 12.0. The molecule has 0 bridgehead atoms. The Bertz CT molecular complexity index is 1200.